The first-order valence-electron chi connectivity index (χ1n) is 6.13. The van der Waals surface area contributed by atoms with Gasteiger partial charge >= 0.3 is 0 Å². The van der Waals surface area contributed by atoms with Gasteiger partial charge in [0.1, 0.15) is 0 Å². The van der Waals surface area contributed by atoms with Crippen LogP contribution < -0.4 is 5.32 Å². The van der Waals surface area contributed by atoms with Crippen LogP contribution in [0.25, 0.3) is 0 Å². The number of carbonyl (C=O) groups excluding carboxylic acids is 1. The molecule has 1 N–H and O–H groups in total. The van der Waals surface area contributed by atoms with Gasteiger partial charge in [0.2, 0.25) is 10.0 Å². The van der Waals surface area contributed by atoms with Gasteiger partial charge in [0, 0.05) is 33.0 Å². The number of hydrogen-bond donors (Lipinski definition) is 1. The summed E-state index contributed by atoms with van der Waals surface area (Å²) >= 11 is 0. The van der Waals surface area contributed by atoms with E-state index in [1.807, 2.05) is 0 Å². The van der Waals surface area contributed by atoms with Gasteiger partial charge in [-0.2, -0.15) is 5.10 Å². The van der Waals surface area contributed by atoms with E-state index < -0.39 is 10.0 Å². The van der Waals surface area contributed by atoms with Crippen molar-refractivity contribution in [2.24, 2.45) is 7.05 Å². The molecular weight excluding hydrogens is 292 g/mol. The number of benzene rings is 1. The van der Waals surface area contributed by atoms with Crippen LogP contribution in [0.3, 0.4) is 0 Å². The van der Waals surface area contributed by atoms with Crippen LogP contribution in [0.2, 0.25) is 0 Å². The van der Waals surface area contributed by atoms with Crippen molar-refractivity contribution in [2.45, 2.75) is 4.90 Å². The second-order valence-electron chi connectivity index (χ2n) is 4.67. The van der Waals surface area contributed by atoms with Crippen molar-refractivity contribution in [2.75, 3.05) is 19.4 Å². The number of nitrogens with zero attached hydrogens (tertiary/aromatic N) is 3. The minimum absolute atomic E-state index is 0.122. The summed E-state index contributed by atoms with van der Waals surface area (Å²) in [6.45, 7) is 0. The maximum atomic E-state index is 12.0. The molecule has 1 aromatic carbocycles. The van der Waals surface area contributed by atoms with Gasteiger partial charge in [-0.25, -0.2) is 12.7 Å². The lowest BCUT2D eigenvalue weighted by Crippen LogP contribution is -2.22. The van der Waals surface area contributed by atoms with Gasteiger partial charge in [-0.05, 0) is 18.2 Å². The van der Waals surface area contributed by atoms with Crippen molar-refractivity contribution >= 4 is 21.6 Å². The zero-order chi connectivity index (χ0) is 15.6. The molecule has 0 saturated heterocycles. The maximum Gasteiger partial charge on any atom is 0.258 e. The first kappa shape index (κ1) is 15.2. The molecule has 0 spiro atoms. The number of aromatic nitrogens is 2. The van der Waals surface area contributed by atoms with Crippen LogP contribution in [0.4, 0.5) is 5.69 Å². The summed E-state index contributed by atoms with van der Waals surface area (Å²) in [7, 11) is 1.09. The topological polar surface area (TPSA) is 84.3 Å². The van der Waals surface area contributed by atoms with Gasteiger partial charge in [-0.1, -0.05) is 6.07 Å². The summed E-state index contributed by atoms with van der Waals surface area (Å²) in [4.78, 5) is 12.1. The molecule has 0 unspecified atom stereocenters. The Kier molecular flexibility index (Phi) is 4.10. The van der Waals surface area contributed by atoms with Gasteiger partial charge in [0.05, 0.1) is 16.7 Å². The van der Waals surface area contributed by atoms with E-state index in [0.29, 0.717) is 11.3 Å². The van der Waals surface area contributed by atoms with Crippen LogP contribution in [0, 0.1) is 0 Å². The molecule has 8 heteroatoms. The Bertz CT molecular complexity index is 765. The number of sulfonamides is 1. The first-order valence-corrected chi connectivity index (χ1v) is 7.57. The molecule has 0 atom stereocenters. The van der Waals surface area contributed by atoms with Crippen molar-refractivity contribution < 1.29 is 13.2 Å². The summed E-state index contributed by atoms with van der Waals surface area (Å²) in [6, 6.07) is 6.11. The highest BCUT2D eigenvalue weighted by molar-refractivity contribution is 7.89. The Morgan fingerprint density at radius 1 is 1.33 bits per heavy atom. The molecule has 0 aliphatic heterocycles. The van der Waals surface area contributed by atoms with Crippen molar-refractivity contribution in [1.82, 2.24) is 14.1 Å². The summed E-state index contributed by atoms with van der Waals surface area (Å²) in [6.07, 6.45) is 3.02. The molecule has 0 aliphatic carbocycles. The quantitative estimate of drug-likeness (QED) is 0.910. The van der Waals surface area contributed by atoms with Gasteiger partial charge in [-0.15, -0.1) is 0 Å². The first-order chi connectivity index (χ1) is 9.80. The van der Waals surface area contributed by atoms with Crippen LogP contribution >= 0.6 is 0 Å². The smallest absolute Gasteiger partial charge is 0.258 e. The van der Waals surface area contributed by atoms with Crippen molar-refractivity contribution in [3.05, 3.63) is 42.2 Å². The number of anilines is 1. The third kappa shape index (κ3) is 3.29. The third-order valence-corrected chi connectivity index (χ3v) is 4.65. The number of amides is 1. The number of nitrogens with one attached hydrogen (secondary N) is 1. The fourth-order valence-electron chi connectivity index (χ4n) is 1.69. The molecule has 112 valence electrons. The second kappa shape index (κ2) is 5.66. The number of carbonyl (C=O) groups is 1. The molecule has 1 heterocycles. The van der Waals surface area contributed by atoms with E-state index >= 15 is 0 Å². The van der Waals surface area contributed by atoms with Crippen LogP contribution in [-0.4, -0.2) is 42.5 Å². The average Bonchev–Trinajstić information content (AvgIpc) is 2.85. The summed E-state index contributed by atoms with van der Waals surface area (Å²) in [5, 5.41) is 6.56. The van der Waals surface area contributed by atoms with E-state index in [2.05, 4.69) is 10.4 Å². The average molecular weight is 308 g/mol. The monoisotopic (exact) mass is 308 g/mol. The van der Waals surface area contributed by atoms with E-state index in [0.717, 1.165) is 4.31 Å². The standard InChI is InChI=1S/C13H16N4O3S/c1-16(2)21(19,20)12-6-4-5-11(7-12)15-13(18)10-8-14-17(3)9-10/h4-9H,1-3H3,(H,15,18). The molecule has 7 nitrogen and oxygen atoms in total. The number of aryl methyl sites for hydroxylation is 1. The minimum atomic E-state index is -3.53. The summed E-state index contributed by atoms with van der Waals surface area (Å²) in [5.74, 6) is -0.345. The van der Waals surface area contributed by atoms with E-state index in [9.17, 15) is 13.2 Å². The summed E-state index contributed by atoms with van der Waals surface area (Å²) < 4.78 is 26.7. The molecule has 0 saturated carbocycles. The molecule has 1 aromatic heterocycles. The largest absolute Gasteiger partial charge is 0.322 e. The van der Waals surface area contributed by atoms with E-state index in [4.69, 9.17) is 0 Å². The van der Waals surface area contributed by atoms with Crippen molar-refractivity contribution in [3.63, 3.8) is 0 Å². The lowest BCUT2D eigenvalue weighted by atomic mass is 10.3. The predicted octanol–water partition coefficient (Wildman–Crippen LogP) is 0.923. The SMILES string of the molecule is CN(C)S(=O)(=O)c1cccc(NC(=O)c2cnn(C)c2)c1. The van der Waals surface area contributed by atoms with Crippen LogP contribution in [0.15, 0.2) is 41.6 Å². The molecule has 2 rings (SSSR count). The summed E-state index contributed by atoms with van der Waals surface area (Å²) in [5.41, 5.74) is 0.810. The zero-order valence-corrected chi connectivity index (χ0v) is 12.8. The normalized spacial score (nSPS) is 11.6. The number of rotatable bonds is 4. The highest BCUT2D eigenvalue weighted by Gasteiger charge is 2.18. The Morgan fingerprint density at radius 2 is 2.05 bits per heavy atom. The van der Waals surface area contributed by atoms with Gasteiger partial charge < -0.3 is 5.32 Å². The van der Waals surface area contributed by atoms with Gasteiger partial charge in [0.15, 0.2) is 0 Å². The molecule has 0 bridgehead atoms. The molecule has 1 amide bonds. The Morgan fingerprint density at radius 3 is 2.62 bits per heavy atom. The van der Waals surface area contributed by atoms with E-state index in [-0.39, 0.29) is 10.8 Å². The van der Waals surface area contributed by atoms with Gasteiger partial charge in [0.25, 0.3) is 5.91 Å². The fraction of sp³-hybridized carbons (Fsp3) is 0.231. The van der Waals surface area contributed by atoms with Gasteiger partial charge in [-0.3, -0.25) is 9.48 Å². The third-order valence-electron chi connectivity index (χ3n) is 2.84. The zero-order valence-electron chi connectivity index (χ0n) is 11.9. The van der Waals surface area contributed by atoms with Crippen molar-refractivity contribution in [3.8, 4) is 0 Å². The van der Waals surface area contributed by atoms with Crippen LogP contribution in [-0.2, 0) is 17.1 Å². The fourth-order valence-corrected chi connectivity index (χ4v) is 2.63. The van der Waals surface area contributed by atoms with E-state index in [1.54, 1.807) is 25.4 Å². The molecule has 2 aromatic rings. The minimum Gasteiger partial charge on any atom is -0.322 e. The Balaban J connectivity index is 2.25. The molecule has 0 fully saturated rings. The van der Waals surface area contributed by atoms with Crippen LogP contribution in [0.1, 0.15) is 10.4 Å². The number of hydrogen-bond acceptors (Lipinski definition) is 4. The second-order valence-corrected chi connectivity index (χ2v) is 6.82. The van der Waals surface area contributed by atoms with Crippen molar-refractivity contribution in [1.29, 1.82) is 0 Å². The lowest BCUT2D eigenvalue weighted by Gasteiger charge is -2.12. The van der Waals surface area contributed by atoms with E-state index in [1.165, 1.54) is 37.1 Å². The molecule has 0 aliphatic rings. The lowest BCUT2D eigenvalue weighted by molar-refractivity contribution is 0.102. The molecule has 0 radical (unpaired) electrons. The molecular formula is C13H16N4O3S. The molecule has 21 heavy (non-hydrogen) atoms. The Labute approximate surface area is 123 Å². The maximum absolute atomic E-state index is 12.0. The predicted molar refractivity (Wildman–Crippen MR) is 78.5 cm³/mol. The highest BCUT2D eigenvalue weighted by Crippen LogP contribution is 2.18. The highest BCUT2D eigenvalue weighted by atomic mass is 32.2. The van der Waals surface area contributed by atoms with Crippen LogP contribution in [0.5, 0.6) is 0 Å². The Hall–Kier alpha value is -2.19.